The molecule has 2 aromatic heterocycles. The number of anilines is 2. The fourth-order valence-corrected chi connectivity index (χ4v) is 4.62. The van der Waals surface area contributed by atoms with Crippen LogP contribution in [-0.4, -0.2) is 62.6 Å². The highest BCUT2D eigenvalue weighted by Gasteiger charge is 2.22. The molecule has 0 amide bonds. The number of ether oxygens (including phenoxy) is 1. The van der Waals surface area contributed by atoms with E-state index in [0.29, 0.717) is 24.0 Å². The van der Waals surface area contributed by atoms with Crippen molar-refractivity contribution in [3.8, 4) is 17.0 Å². The van der Waals surface area contributed by atoms with Crippen LogP contribution in [0.4, 0.5) is 20.3 Å². The summed E-state index contributed by atoms with van der Waals surface area (Å²) in [5.41, 5.74) is 2.01. The van der Waals surface area contributed by atoms with Crippen molar-refractivity contribution in [3.05, 3.63) is 66.6 Å². The van der Waals surface area contributed by atoms with Crippen molar-refractivity contribution in [2.24, 2.45) is 0 Å². The van der Waals surface area contributed by atoms with Gasteiger partial charge in [-0.1, -0.05) is 6.07 Å². The van der Waals surface area contributed by atoms with Gasteiger partial charge >= 0.3 is 0 Å². The minimum atomic E-state index is -4.40. The molecule has 4 aromatic rings. The Hall–Kier alpha value is -3.90. The molecule has 0 spiro atoms. The third-order valence-corrected chi connectivity index (χ3v) is 6.69. The van der Waals surface area contributed by atoms with Crippen molar-refractivity contribution < 1.29 is 21.9 Å². The Labute approximate surface area is 207 Å². The van der Waals surface area contributed by atoms with Gasteiger partial charge in [-0.05, 0) is 50.0 Å². The summed E-state index contributed by atoms with van der Waals surface area (Å²) in [5.74, 6) is -1.45. The van der Waals surface area contributed by atoms with E-state index in [4.69, 9.17) is 4.74 Å². The molecule has 0 aliphatic rings. The van der Waals surface area contributed by atoms with E-state index in [-0.39, 0.29) is 11.6 Å². The number of nitrogens with one attached hydrogen (secondary N) is 2. The molecule has 12 heteroatoms. The molecule has 9 nitrogen and oxygen atoms in total. The molecule has 0 atom stereocenters. The Morgan fingerprint density at radius 3 is 2.53 bits per heavy atom. The van der Waals surface area contributed by atoms with Gasteiger partial charge < -0.3 is 15.0 Å². The Kier molecular flexibility index (Phi) is 7.27. The van der Waals surface area contributed by atoms with Crippen molar-refractivity contribution in [2.75, 3.05) is 44.3 Å². The number of sulfonamides is 1. The number of hydrogen-bond acceptors (Lipinski definition) is 8. The van der Waals surface area contributed by atoms with Crippen molar-refractivity contribution in [2.45, 2.75) is 4.90 Å². The van der Waals surface area contributed by atoms with Crippen LogP contribution in [0.15, 0.2) is 59.9 Å². The van der Waals surface area contributed by atoms with Gasteiger partial charge in [0.15, 0.2) is 0 Å². The number of halogens is 2. The van der Waals surface area contributed by atoms with Gasteiger partial charge in [0.05, 0.1) is 12.6 Å². The lowest BCUT2D eigenvalue weighted by molar-refractivity contribution is 0.400. The third-order valence-electron chi connectivity index (χ3n) is 5.29. The maximum atomic E-state index is 14.2. The second kappa shape index (κ2) is 10.4. The van der Waals surface area contributed by atoms with Crippen LogP contribution < -0.4 is 14.8 Å². The SMILES string of the molecule is COc1ncc(-c2ccc3ncnc(NCCN(C)C)c3c2)cc1NS(=O)(=O)c1ccc(F)cc1F. The summed E-state index contributed by atoms with van der Waals surface area (Å²) in [7, 11) is 0.888. The third kappa shape index (κ3) is 5.50. The first-order valence-corrected chi connectivity index (χ1v) is 12.3. The van der Waals surface area contributed by atoms with Crippen LogP contribution in [0.5, 0.6) is 5.88 Å². The molecule has 0 saturated carbocycles. The van der Waals surface area contributed by atoms with Crippen LogP contribution in [0.1, 0.15) is 0 Å². The zero-order valence-corrected chi connectivity index (χ0v) is 20.6. The van der Waals surface area contributed by atoms with E-state index in [2.05, 4.69) is 25.0 Å². The summed E-state index contributed by atoms with van der Waals surface area (Å²) in [4.78, 5) is 14.2. The highest BCUT2D eigenvalue weighted by Crippen LogP contribution is 2.32. The van der Waals surface area contributed by atoms with Gasteiger partial charge in [-0.25, -0.2) is 32.2 Å². The molecule has 2 aromatic carbocycles. The quantitative estimate of drug-likeness (QED) is 0.348. The Morgan fingerprint density at radius 2 is 1.81 bits per heavy atom. The van der Waals surface area contributed by atoms with Gasteiger partial charge in [0, 0.05) is 36.3 Å². The average molecular weight is 515 g/mol. The lowest BCUT2D eigenvalue weighted by atomic mass is 10.0. The number of hydrogen-bond donors (Lipinski definition) is 2. The summed E-state index contributed by atoms with van der Waals surface area (Å²) in [6.45, 7) is 1.49. The van der Waals surface area contributed by atoms with Gasteiger partial charge in [-0.2, -0.15) is 0 Å². The minimum absolute atomic E-state index is 0.00698. The maximum absolute atomic E-state index is 14.2. The number of rotatable bonds is 9. The molecule has 0 saturated heterocycles. The van der Waals surface area contributed by atoms with Crippen LogP contribution in [0.3, 0.4) is 0 Å². The van der Waals surface area contributed by atoms with E-state index in [1.165, 1.54) is 25.7 Å². The van der Waals surface area contributed by atoms with Gasteiger partial charge in [-0.3, -0.25) is 4.72 Å². The van der Waals surface area contributed by atoms with E-state index in [0.717, 1.165) is 35.1 Å². The van der Waals surface area contributed by atoms with Gasteiger partial charge in [0.25, 0.3) is 10.0 Å². The van der Waals surface area contributed by atoms with Crippen LogP contribution in [0.2, 0.25) is 0 Å². The number of benzene rings is 2. The monoisotopic (exact) mass is 514 g/mol. The standard InChI is InChI=1S/C24H24F2N6O3S/c1-32(2)9-8-27-23-18-10-15(4-6-20(18)29-14-30-23)16-11-21(24(35-3)28-13-16)31-36(33,34)22-7-5-17(25)12-19(22)26/h4-7,10-14,31H,8-9H2,1-3H3,(H,27,29,30). The van der Waals surface area contributed by atoms with Crippen molar-refractivity contribution in [1.82, 2.24) is 19.9 Å². The Bertz CT molecular complexity index is 1520. The van der Waals surface area contributed by atoms with Gasteiger partial charge in [0.1, 0.15) is 34.4 Å². The number of nitrogens with zero attached hydrogens (tertiary/aromatic N) is 4. The molecule has 188 valence electrons. The lowest BCUT2D eigenvalue weighted by Crippen LogP contribution is -2.21. The van der Waals surface area contributed by atoms with Crippen LogP contribution in [0.25, 0.3) is 22.0 Å². The predicted octanol–water partition coefficient (Wildman–Crippen LogP) is 3.75. The molecule has 4 rings (SSSR count). The second-order valence-corrected chi connectivity index (χ2v) is 9.80. The molecule has 0 radical (unpaired) electrons. The number of likely N-dealkylation sites (N-methyl/N-ethyl adjacent to an activating group) is 1. The summed E-state index contributed by atoms with van der Waals surface area (Å²) in [6, 6.07) is 9.26. The fourth-order valence-electron chi connectivity index (χ4n) is 3.51. The van der Waals surface area contributed by atoms with Crippen molar-refractivity contribution in [3.63, 3.8) is 0 Å². The molecule has 0 unspecified atom stereocenters. The van der Waals surface area contributed by atoms with Gasteiger partial charge in [0.2, 0.25) is 5.88 Å². The second-order valence-electron chi connectivity index (χ2n) is 8.15. The number of methoxy groups -OCH3 is 1. The van der Waals surface area contributed by atoms with E-state index in [1.807, 2.05) is 37.2 Å². The smallest absolute Gasteiger partial charge is 0.264 e. The van der Waals surface area contributed by atoms with Crippen molar-refractivity contribution >= 4 is 32.4 Å². The number of aromatic nitrogens is 3. The summed E-state index contributed by atoms with van der Waals surface area (Å²) in [6.07, 6.45) is 3.01. The normalized spacial score (nSPS) is 11.6. The minimum Gasteiger partial charge on any atom is -0.480 e. The molecule has 2 heterocycles. The first-order chi connectivity index (χ1) is 17.2. The van der Waals surface area contributed by atoms with E-state index in [1.54, 1.807) is 0 Å². The molecule has 0 fully saturated rings. The molecule has 0 aliphatic carbocycles. The molecule has 0 aliphatic heterocycles. The van der Waals surface area contributed by atoms with Crippen LogP contribution in [-0.2, 0) is 10.0 Å². The largest absolute Gasteiger partial charge is 0.480 e. The molecule has 36 heavy (non-hydrogen) atoms. The summed E-state index contributed by atoms with van der Waals surface area (Å²) < 4.78 is 60.6. The number of fused-ring (bicyclic) bond motifs is 1. The zero-order valence-electron chi connectivity index (χ0n) is 19.8. The summed E-state index contributed by atoms with van der Waals surface area (Å²) in [5, 5.41) is 4.08. The summed E-state index contributed by atoms with van der Waals surface area (Å²) >= 11 is 0. The van der Waals surface area contributed by atoms with E-state index < -0.39 is 26.6 Å². The molecular formula is C24H24F2N6O3S. The highest BCUT2D eigenvalue weighted by atomic mass is 32.2. The fraction of sp³-hybridized carbons (Fsp3) is 0.208. The van der Waals surface area contributed by atoms with Crippen molar-refractivity contribution in [1.29, 1.82) is 0 Å². The molecular weight excluding hydrogens is 490 g/mol. The van der Waals surface area contributed by atoms with E-state index >= 15 is 0 Å². The average Bonchev–Trinajstić information content (AvgIpc) is 2.83. The van der Waals surface area contributed by atoms with Crippen LogP contribution in [0, 0.1) is 11.6 Å². The lowest BCUT2D eigenvalue weighted by Gasteiger charge is -2.14. The Balaban J connectivity index is 1.71. The molecule has 0 bridgehead atoms. The Morgan fingerprint density at radius 1 is 1.00 bits per heavy atom. The van der Waals surface area contributed by atoms with Gasteiger partial charge in [-0.15, -0.1) is 0 Å². The molecule has 2 N–H and O–H groups in total. The number of pyridine rings is 1. The zero-order chi connectivity index (χ0) is 25.9. The maximum Gasteiger partial charge on any atom is 0.264 e. The first kappa shape index (κ1) is 25.2. The highest BCUT2D eigenvalue weighted by molar-refractivity contribution is 7.92. The van der Waals surface area contributed by atoms with Crippen LogP contribution >= 0.6 is 0 Å². The predicted molar refractivity (Wildman–Crippen MR) is 134 cm³/mol. The first-order valence-electron chi connectivity index (χ1n) is 10.8. The van der Waals surface area contributed by atoms with E-state index in [9.17, 15) is 17.2 Å². The topological polar surface area (TPSA) is 109 Å².